The van der Waals surface area contributed by atoms with Crippen LogP contribution in [0.15, 0.2) is 25.3 Å². The Morgan fingerprint density at radius 1 is 1.00 bits per heavy atom. The first kappa shape index (κ1) is 8.82. The lowest BCUT2D eigenvalue weighted by atomic mass is 10.1. The van der Waals surface area contributed by atoms with Gasteiger partial charge in [-0.05, 0) is 12.2 Å². The second kappa shape index (κ2) is 4.68. The van der Waals surface area contributed by atoms with Crippen molar-refractivity contribution in [1.29, 1.82) is 0 Å². The van der Waals surface area contributed by atoms with Crippen LogP contribution in [0.2, 0.25) is 0 Å². The Kier molecular flexibility index (Phi) is 4.12. The summed E-state index contributed by atoms with van der Waals surface area (Å²) in [5.41, 5.74) is 0. The molecule has 0 spiro atoms. The number of carbonyl (C=O) groups is 2. The summed E-state index contributed by atoms with van der Waals surface area (Å²) in [5, 5.41) is 0. The molecule has 1 rings (SSSR count). The Hall–Kier alpha value is -1.18. The van der Waals surface area contributed by atoms with E-state index in [9.17, 15) is 9.59 Å². The van der Waals surface area contributed by atoms with Gasteiger partial charge in [0.25, 0.3) is 0 Å². The molecule has 0 bridgehead atoms. The zero-order chi connectivity index (χ0) is 7.98. The summed E-state index contributed by atoms with van der Waals surface area (Å²) in [7, 11) is 0. The maximum absolute atomic E-state index is 10.4. The molecule has 1 aliphatic rings. The molecule has 0 saturated heterocycles. The highest BCUT2D eigenvalue weighted by molar-refractivity contribution is 6.04. The minimum absolute atomic E-state index is 0.0598. The van der Waals surface area contributed by atoms with E-state index >= 15 is 0 Å². The first-order chi connectivity index (χ1) is 4.79. The maximum Gasteiger partial charge on any atom is 0.156 e. The highest BCUT2D eigenvalue weighted by Gasteiger charge is 2.06. The first-order valence-electron chi connectivity index (χ1n) is 3.03. The third kappa shape index (κ3) is 2.97. The molecule has 0 aromatic heterocycles. The Labute approximate surface area is 60.2 Å². The van der Waals surface area contributed by atoms with Gasteiger partial charge in [-0.3, -0.25) is 9.59 Å². The van der Waals surface area contributed by atoms with Gasteiger partial charge in [-0.1, -0.05) is 0 Å². The van der Waals surface area contributed by atoms with E-state index in [1.165, 1.54) is 12.2 Å². The van der Waals surface area contributed by atoms with Crippen molar-refractivity contribution >= 4 is 11.6 Å². The Bertz CT molecular complexity index is 150. The third-order valence-electron chi connectivity index (χ3n) is 1.07. The van der Waals surface area contributed by atoms with Crippen LogP contribution in [0.5, 0.6) is 0 Å². The standard InChI is InChI=1S/C6H6O2.C2H4/c7-5-1-2-6(8)4-3-5;1-2/h1-2H,3-4H2;1-2H2. The molecule has 0 heterocycles. The minimum atomic E-state index is 0.0598. The average Bonchev–Trinajstić information content (AvgIpc) is 2.00. The van der Waals surface area contributed by atoms with Gasteiger partial charge in [-0.15, -0.1) is 13.2 Å². The van der Waals surface area contributed by atoms with Crippen molar-refractivity contribution in [2.45, 2.75) is 12.8 Å². The lowest BCUT2D eigenvalue weighted by Gasteiger charge is -1.96. The van der Waals surface area contributed by atoms with Crippen LogP contribution < -0.4 is 0 Å². The van der Waals surface area contributed by atoms with Crippen molar-refractivity contribution in [2.24, 2.45) is 0 Å². The monoisotopic (exact) mass is 138 g/mol. The highest BCUT2D eigenvalue weighted by Crippen LogP contribution is 2.00. The van der Waals surface area contributed by atoms with Gasteiger partial charge in [0.15, 0.2) is 11.6 Å². The molecule has 54 valence electrons. The Morgan fingerprint density at radius 3 is 1.50 bits per heavy atom. The molecule has 2 heteroatoms. The van der Waals surface area contributed by atoms with Gasteiger partial charge in [0, 0.05) is 12.8 Å². The van der Waals surface area contributed by atoms with Crippen molar-refractivity contribution in [1.82, 2.24) is 0 Å². The molecule has 0 unspecified atom stereocenters. The van der Waals surface area contributed by atoms with E-state index in [0.717, 1.165) is 0 Å². The van der Waals surface area contributed by atoms with Crippen molar-refractivity contribution in [3.05, 3.63) is 25.3 Å². The second-order valence-electron chi connectivity index (χ2n) is 1.77. The molecular weight excluding hydrogens is 128 g/mol. The Balaban J connectivity index is 0.000000371. The van der Waals surface area contributed by atoms with E-state index in [-0.39, 0.29) is 11.6 Å². The molecule has 0 aromatic carbocycles. The molecule has 0 N–H and O–H groups in total. The summed E-state index contributed by atoms with van der Waals surface area (Å²) in [4.78, 5) is 20.7. The van der Waals surface area contributed by atoms with E-state index in [1.54, 1.807) is 0 Å². The quantitative estimate of drug-likeness (QED) is 0.472. The fourth-order valence-corrected chi connectivity index (χ4v) is 0.599. The number of rotatable bonds is 0. The first-order valence-corrected chi connectivity index (χ1v) is 3.03. The van der Waals surface area contributed by atoms with Crippen molar-refractivity contribution in [3.63, 3.8) is 0 Å². The fourth-order valence-electron chi connectivity index (χ4n) is 0.599. The normalized spacial score (nSPS) is 16.0. The third-order valence-corrected chi connectivity index (χ3v) is 1.07. The van der Waals surface area contributed by atoms with Gasteiger partial charge in [0.1, 0.15) is 0 Å². The number of allylic oxidation sites excluding steroid dienone is 2. The molecule has 2 nitrogen and oxygen atoms in total. The van der Waals surface area contributed by atoms with Gasteiger partial charge in [0.2, 0.25) is 0 Å². The maximum atomic E-state index is 10.4. The van der Waals surface area contributed by atoms with Gasteiger partial charge in [-0.2, -0.15) is 0 Å². The predicted octanol–water partition coefficient (Wildman–Crippen LogP) is 1.28. The van der Waals surface area contributed by atoms with Gasteiger partial charge < -0.3 is 0 Å². The smallest absolute Gasteiger partial charge is 0.156 e. The minimum Gasteiger partial charge on any atom is -0.295 e. The van der Waals surface area contributed by atoms with Crippen LogP contribution in [-0.2, 0) is 9.59 Å². The van der Waals surface area contributed by atoms with Crippen molar-refractivity contribution in [2.75, 3.05) is 0 Å². The number of hydrogen-bond donors (Lipinski definition) is 0. The van der Waals surface area contributed by atoms with E-state index in [0.29, 0.717) is 12.8 Å². The van der Waals surface area contributed by atoms with Gasteiger partial charge >= 0.3 is 0 Å². The fraction of sp³-hybridized carbons (Fsp3) is 0.250. The molecule has 0 radical (unpaired) electrons. The van der Waals surface area contributed by atoms with E-state index in [2.05, 4.69) is 13.2 Å². The Morgan fingerprint density at radius 2 is 1.30 bits per heavy atom. The molecule has 10 heavy (non-hydrogen) atoms. The van der Waals surface area contributed by atoms with E-state index in [4.69, 9.17) is 0 Å². The summed E-state index contributed by atoms with van der Waals surface area (Å²) >= 11 is 0. The molecular formula is C8H10O2. The molecule has 0 atom stereocenters. The molecule has 0 fully saturated rings. The van der Waals surface area contributed by atoms with Crippen LogP contribution >= 0.6 is 0 Å². The summed E-state index contributed by atoms with van der Waals surface area (Å²) in [6.45, 7) is 6.00. The lowest BCUT2D eigenvalue weighted by Crippen LogP contribution is -2.05. The zero-order valence-electron chi connectivity index (χ0n) is 5.80. The zero-order valence-corrected chi connectivity index (χ0v) is 5.80. The number of carbonyl (C=O) groups excluding carboxylic acids is 2. The van der Waals surface area contributed by atoms with Crippen LogP contribution in [0.4, 0.5) is 0 Å². The summed E-state index contributed by atoms with van der Waals surface area (Å²) in [6.07, 6.45) is 3.47. The predicted molar refractivity (Wildman–Crippen MR) is 39.6 cm³/mol. The van der Waals surface area contributed by atoms with Crippen molar-refractivity contribution < 1.29 is 9.59 Å². The van der Waals surface area contributed by atoms with Gasteiger partial charge in [0.05, 0.1) is 0 Å². The second-order valence-corrected chi connectivity index (χ2v) is 1.77. The number of ketones is 2. The van der Waals surface area contributed by atoms with Gasteiger partial charge in [-0.25, -0.2) is 0 Å². The molecule has 0 amide bonds. The van der Waals surface area contributed by atoms with Crippen LogP contribution in [-0.4, -0.2) is 11.6 Å². The van der Waals surface area contributed by atoms with Crippen LogP contribution in [0, 0.1) is 0 Å². The molecule has 0 aliphatic heterocycles. The van der Waals surface area contributed by atoms with Crippen LogP contribution in [0.25, 0.3) is 0 Å². The molecule has 0 aromatic rings. The molecule has 0 saturated carbocycles. The van der Waals surface area contributed by atoms with E-state index < -0.39 is 0 Å². The SMILES string of the molecule is C=C.O=C1C=CC(=O)CC1. The molecule has 1 aliphatic carbocycles. The summed E-state index contributed by atoms with van der Waals surface area (Å²) < 4.78 is 0. The van der Waals surface area contributed by atoms with Crippen molar-refractivity contribution in [3.8, 4) is 0 Å². The highest BCUT2D eigenvalue weighted by atomic mass is 16.1. The lowest BCUT2D eigenvalue weighted by molar-refractivity contribution is -0.121. The van der Waals surface area contributed by atoms with Crippen LogP contribution in [0.3, 0.4) is 0 Å². The van der Waals surface area contributed by atoms with Crippen LogP contribution in [0.1, 0.15) is 12.8 Å². The average molecular weight is 138 g/mol. The summed E-state index contributed by atoms with van der Waals surface area (Å²) in [6, 6.07) is 0. The summed E-state index contributed by atoms with van der Waals surface area (Å²) in [5.74, 6) is 0.120. The number of hydrogen-bond acceptors (Lipinski definition) is 2. The topological polar surface area (TPSA) is 34.1 Å². The van der Waals surface area contributed by atoms with E-state index in [1.807, 2.05) is 0 Å². The largest absolute Gasteiger partial charge is 0.295 e.